The van der Waals surface area contributed by atoms with Crippen molar-refractivity contribution < 1.29 is 9.59 Å². The predicted molar refractivity (Wildman–Crippen MR) is 102 cm³/mol. The van der Waals surface area contributed by atoms with Gasteiger partial charge in [0.05, 0.1) is 17.8 Å². The van der Waals surface area contributed by atoms with Gasteiger partial charge in [-0.15, -0.1) is 12.4 Å². The van der Waals surface area contributed by atoms with Crippen molar-refractivity contribution in [2.24, 2.45) is 11.7 Å². The quantitative estimate of drug-likeness (QED) is 0.758. The number of halogens is 1. The van der Waals surface area contributed by atoms with Gasteiger partial charge in [0.2, 0.25) is 11.8 Å². The van der Waals surface area contributed by atoms with Crippen molar-refractivity contribution in [3.63, 3.8) is 0 Å². The van der Waals surface area contributed by atoms with Crippen LogP contribution in [-0.4, -0.2) is 53.1 Å². The molecule has 1 aliphatic heterocycles. The van der Waals surface area contributed by atoms with E-state index in [1.807, 2.05) is 30.3 Å². The van der Waals surface area contributed by atoms with Gasteiger partial charge >= 0.3 is 0 Å². The Labute approximate surface area is 159 Å². The molecule has 8 heteroatoms. The zero-order valence-corrected chi connectivity index (χ0v) is 15.3. The first-order valence-corrected chi connectivity index (χ1v) is 8.51. The first-order valence-electron chi connectivity index (χ1n) is 8.51. The fourth-order valence-corrected chi connectivity index (χ4v) is 3.17. The first kappa shape index (κ1) is 19.9. The first-order chi connectivity index (χ1) is 12.2. The third-order valence-corrected chi connectivity index (χ3v) is 4.49. The van der Waals surface area contributed by atoms with Gasteiger partial charge in [-0.25, -0.2) is 0 Å². The number of nitrogens with one attached hydrogen (secondary N) is 1. The fourth-order valence-electron chi connectivity index (χ4n) is 3.17. The molecule has 1 atom stereocenters. The van der Waals surface area contributed by atoms with Crippen LogP contribution in [0.25, 0.3) is 0 Å². The van der Waals surface area contributed by atoms with Crippen LogP contribution in [0.1, 0.15) is 12.0 Å². The van der Waals surface area contributed by atoms with Crippen molar-refractivity contribution in [1.29, 1.82) is 0 Å². The second-order valence-corrected chi connectivity index (χ2v) is 6.21. The van der Waals surface area contributed by atoms with E-state index in [9.17, 15) is 9.59 Å². The van der Waals surface area contributed by atoms with Gasteiger partial charge in [-0.05, 0) is 12.0 Å². The number of carbonyl (C=O) groups is 2. The van der Waals surface area contributed by atoms with Gasteiger partial charge in [0.15, 0.2) is 0 Å². The summed E-state index contributed by atoms with van der Waals surface area (Å²) in [6.07, 6.45) is 4.27. The van der Waals surface area contributed by atoms with Crippen LogP contribution in [0.2, 0.25) is 0 Å². The van der Waals surface area contributed by atoms with Crippen LogP contribution in [0.4, 0.5) is 5.69 Å². The molecule has 1 aromatic carbocycles. The lowest BCUT2D eigenvalue weighted by Crippen LogP contribution is -2.41. The Hall–Kier alpha value is -2.38. The van der Waals surface area contributed by atoms with Gasteiger partial charge in [0, 0.05) is 38.8 Å². The lowest BCUT2D eigenvalue weighted by Gasteiger charge is -2.25. The lowest BCUT2D eigenvalue weighted by atomic mass is 10.1. The summed E-state index contributed by atoms with van der Waals surface area (Å²) in [6.45, 7) is 1.91. The second kappa shape index (κ2) is 9.35. The number of benzene rings is 1. The van der Waals surface area contributed by atoms with Crippen molar-refractivity contribution in [2.75, 3.05) is 31.1 Å². The van der Waals surface area contributed by atoms with Crippen molar-refractivity contribution in [3.05, 3.63) is 48.3 Å². The molecule has 26 heavy (non-hydrogen) atoms. The number of H-pyrrole nitrogens is 1. The highest BCUT2D eigenvalue weighted by Crippen LogP contribution is 2.25. The summed E-state index contributed by atoms with van der Waals surface area (Å²) in [5, 5.41) is 6.56. The minimum atomic E-state index is -0.329. The van der Waals surface area contributed by atoms with Gasteiger partial charge in [-0.2, -0.15) is 5.10 Å². The average molecular weight is 378 g/mol. The summed E-state index contributed by atoms with van der Waals surface area (Å²) in [4.78, 5) is 28.5. The molecule has 1 saturated heterocycles. The average Bonchev–Trinajstić information content (AvgIpc) is 3.28. The molecule has 3 rings (SSSR count). The minimum Gasteiger partial charge on any atom is -0.341 e. The lowest BCUT2D eigenvalue weighted by molar-refractivity contribution is -0.135. The van der Waals surface area contributed by atoms with Crippen LogP contribution in [0.5, 0.6) is 0 Å². The zero-order valence-electron chi connectivity index (χ0n) is 14.5. The van der Waals surface area contributed by atoms with Gasteiger partial charge < -0.3 is 15.5 Å². The molecule has 2 heterocycles. The zero-order chi connectivity index (χ0) is 17.6. The molecule has 0 spiro atoms. The van der Waals surface area contributed by atoms with E-state index in [1.54, 1.807) is 22.2 Å². The fraction of sp³-hybridized carbons (Fsp3) is 0.389. The van der Waals surface area contributed by atoms with E-state index in [4.69, 9.17) is 5.73 Å². The largest absolute Gasteiger partial charge is 0.341 e. The molecule has 2 aromatic rings. The molecule has 140 valence electrons. The predicted octanol–water partition coefficient (Wildman–Crippen LogP) is 1.21. The Morgan fingerprint density at radius 2 is 2.08 bits per heavy atom. The summed E-state index contributed by atoms with van der Waals surface area (Å²) < 4.78 is 0. The van der Waals surface area contributed by atoms with E-state index >= 15 is 0 Å². The SMILES string of the molecule is Cl.NCCN(CCc1ccccc1)C(=O)C1CC(=O)N(c2cn[nH]c2)C1. The Bertz CT molecular complexity index is 708. The third-order valence-electron chi connectivity index (χ3n) is 4.49. The van der Waals surface area contributed by atoms with Gasteiger partial charge in [0.25, 0.3) is 0 Å². The molecule has 1 aliphatic rings. The maximum Gasteiger partial charge on any atom is 0.228 e. The summed E-state index contributed by atoms with van der Waals surface area (Å²) >= 11 is 0. The molecule has 7 nitrogen and oxygen atoms in total. The number of aromatic nitrogens is 2. The number of rotatable bonds is 7. The van der Waals surface area contributed by atoms with E-state index in [2.05, 4.69) is 10.2 Å². The molecule has 1 aromatic heterocycles. The van der Waals surface area contributed by atoms with Gasteiger partial charge in [-0.3, -0.25) is 14.7 Å². The van der Waals surface area contributed by atoms with Crippen LogP contribution in [0, 0.1) is 5.92 Å². The number of hydrogen-bond acceptors (Lipinski definition) is 4. The number of amides is 2. The molecular weight excluding hydrogens is 354 g/mol. The molecule has 3 N–H and O–H groups in total. The number of nitrogens with zero attached hydrogens (tertiary/aromatic N) is 3. The molecular formula is C18H24ClN5O2. The molecule has 0 bridgehead atoms. The Balaban J connectivity index is 0.00000243. The Kier molecular flexibility index (Phi) is 7.17. The van der Waals surface area contributed by atoms with E-state index in [0.717, 1.165) is 6.42 Å². The van der Waals surface area contributed by atoms with E-state index < -0.39 is 0 Å². The van der Waals surface area contributed by atoms with Crippen LogP contribution in [-0.2, 0) is 16.0 Å². The number of aromatic amines is 1. The highest BCUT2D eigenvalue weighted by Gasteiger charge is 2.37. The van der Waals surface area contributed by atoms with E-state index in [1.165, 1.54) is 5.56 Å². The number of nitrogens with two attached hydrogens (primary N) is 1. The minimum absolute atomic E-state index is 0. The summed E-state index contributed by atoms with van der Waals surface area (Å²) in [7, 11) is 0. The van der Waals surface area contributed by atoms with Crippen LogP contribution >= 0.6 is 12.4 Å². The molecule has 2 amide bonds. The van der Waals surface area contributed by atoms with Crippen molar-refractivity contribution in [3.8, 4) is 0 Å². The maximum absolute atomic E-state index is 12.9. The van der Waals surface area contributed by atoms with E-state index in [-0.39, 0.29) is 36.6 Å². The van der Waals surface area contributed by atoms with Crippen LogP contribution < -0.4 is 10.6 Å². The number of anilines is 1. The number of hydrogen-bond donors (Lipinski definition) is 2. The third kappa shape index (κ3) is 4.62. The van der Waals surface area contributed by atoms with Gasteiger partial charge in [0.1, 0.15) is 0 Å². The maximum atomic E-state index is 12.9. The molecule has 0 saturated carbocycles. The Morgan fingerprint density at radius 1 is 1.31 bits per heavy atom. The molecule has 0 radical (unpaired) electrons. The topological polar surface area (TPSA) is 95.3 Å². The van der Waals surface area contributed by atoms with E-state index in [0.29, 0.717) is 31.9 Å². The van der Waals surface area contributed by atoms with Crippen LogP contribution in [0.15, 0.2) is 42.7 Å². The highest BCUT2D eigenvalue weighted by molar-refractivity contribution is 6.00. The van der Waals surface area contributed by atoms with Crippen molar-refractivity contribution in [2.45, 2.75) is 12.8 Å². The Morgan fingerprint density at radius 3 is 2.73 bits per heavy atom. The summed E-state index contributed by atoms with van der Waals surface area (Å²) in [6, 6.07) is 10.0. The smallest absolute Gasteiger partial charge is 0.228 e. The normalized spacial score (nSPS) is 16.4. The molecule has 1 unspecified atom stereocenters. The standard InChI is InChI=1S/C18H23N5O2.ClH/c19-7-9-22(8-6-14-4-2-1-3-5-14)18(25)15-10-17(24)23(13-15)16-11-20-21-12-16;/h1-5,11-12,15H,6-10,13,19H2,(H,20,21);1H. The summed E-state index contributed by atoms with van der Waals surface area (Å²) in [5.41, 5.74) is 7.57. The van der Waals surface area contributed by atoms with Gasteiger partial charge in [-0.1, -0.05) is 30.3 Å². The molecule has 1 fully saturated rings. The second-order valence-electron chi connectivity index (χ2n) is 6.21. The molecule has 0 aliphatic carbocycles. The number of carbonyl (C=O) groups excluding carboxylic acids is 2. The monoisotopic (exact) mass is 377 g/mol. The van der Waals surface area contributed by atoms with Crippen molar-refractivity contribution >= 4 is 29.9 Å². The van der Waals surface area contributed by atoms with Crippen LogP contribution in [0.3, 0.4) is 0 Å². The van der Waals surface area contributed by atoms with Crippen molar-refractivity contribution in [1.82, 2.24) is 15.1 Å². The summed E-state index contributed by atoms with van der Waals surface area (Å²) in [5.74, 6) is -0.374. The highest BCUT2D eigenvalue weighted by atomic mass is 35.5.